The van der Waals surface area contributed by atoms with Gasteiger partial charge in [0.2, 0.25) is 5.91 Å². The van der Waals surface area contributed by atoms with Gasteiger partial charge in [-0.15, -0.1) is 0 Å². The Bertz CT molecular complexity index is 143. The Labute approximate surface area is 92.3 Å². The molecule has 0 aromatic carbocycles. The molecule has 1 amide bonds. The van der Waals surface area contributed by atoms with Crippen molar-refractivity contribution >= 4 is 5.91 Å². The summed E-state index contributed by atoms with van der Waals surface area (Å²) in [5.74, 6) is 4.93. The van der Waals surface area contributed by atoms with E-state index in [0.717, 1.165) is 19.3 Å². The lowest BCUT2D eigenvalue weighted by atomic mass is 10.3. The predicted molar refractivity (Wildman–Crippen MR) is 60.2 cm³/mol. The van der Waals surface area contributed by atoms with Crippen molar-refractivity contribution in [3.05, 3.63) is 0 Å². The van der Waals surface area contributed by atoms with Gasteiger partial charge in [-0.2, -0.15) is 0 Å². The van der Waals surface area contributed by atoms with E-state index in [4.69, 9.17) is 10.6 Å². The molecule has 0 bridgehead atoms. The van der Waals surface area contributed by atoms with Gasteiger partial charge in [0, 0.05) is 26.7 Å². The average molecular weight is 220 g/mol. The molecule has 92 valence electrons. The molecule has 0 radical (unpaired) electrons. The van der Waals surface area contributed by atoms with E-state index < -0.39 is 0 Å². The van der Waals surface area contributed by atoms with Crippen molar-refractivity contribution in [2.75, 3.05) is 26.9 Å². The van der Waals surface area contributed by atoms with E-state index in [1.807, 2.05) is 0 Å². The van der Waals surface area contributed by atoms with E-state index in [2.05, 4.69) is 10.2 Å². The molecule has 15 heavy (non-hydrogen) atoms. The lowest BCUT2D eigenvalue weighted by Crippen LogP contribution is -2.24. The third kappa shape index (κ3) is 13.3. The summed E-state index contributed by atoms with van der Waals surface area (Å²) in [5.41, 5.74) is 0. The first-order valence-corrected chi connectivity index (χ1v) is 4.88. The van der Waals surface area contributed by atoms with Gasteiger partial charge in [-0.1, -0.05) is 7.43 Å². The number of unbranched alkanes of at least 4 members (excludes halogenated alkanes) is 1. The molecule has 0 saturated heterocycles. The molecule has 0 aliphatic rings. The summed E-state index contributed by atoms with van der Waals surface area (Å²) >= 11 is 0. The van der Waals surface area contributed by atoms with Crippen LogP contribution >= 0.6 is 0 Å². The van der Waals surface area contributed by atoms with Gasteiger partial charge in [-0.3, -0.25) is 4.79 Å². The predicted octanol–water partition coefficient (Wildman–Crippen LogP) is 0.836. The van der Waals surface area contributed by atoms with Gasteiger partial charge in [0.05, 0.1) is 6.61 Å². The number of amides is 1. The molecular weight excluding hydrogens is 196 g/mol. The van der Waals surface area contributed by atoms with Crippen molar-refractivity contribution in [3.63, 3.8) is 0 Å². The first-order valence-electron chi connectivity index (χ1n) is 4.88. The van der Waals surface area contributed by atoms with E-state index in [0.29, 0.717) is 26.2 Å². The van der Waals surface area contributed by atoms with Crippen molar-refractivity contribution < 1.29 is 14.4 Å². The van der Waals surface area contributed by atoms with Crippen LogP contribution in [0.3, 0.4) is 0 Å². The summed E-state index contributed by atoms with van der Waals surface area (Å²) in [4.78, 5) is 15.5. The summed E-state index contributed by atoms with van der Waals surface area (Å²) in [6.07, 6.45) is 3.07. The number of ether oxygens (including phenoxy) is 1. The van der Waals surface area contributed by atoms with Crippen LogP contribution in [0.4, 0.5) is 0 Å². The molecule has 0 atom stereocenters. The normalized spacial score (nSPS) is 9.47. The Kier molecular flexibility index (Phi) is 14.9. The fourth-order valence-corrected chi connectivity index (χ4v) is 1.00. The highest BCUT2D eigenvalue weighted by Gasteiger charge is 1.99. The van der Waals surface area contributed by atoms with Crippen molar-refractivity contribution in [2.45, 2.75) is 33.1 Å². The molecule has 0 aromatic heterocycles. The molecule has 5 heteroatoms. The standard InChI is InChI=1S/C9H20N2O3.CH4/c1-13-7-4-5-9(12)11-6-2-3-8-14-10;/h2-8,10H2,1H3,(H,11,12);1H4. The van der Waals surface area contributed by atoms with Crippen LogP contribution in [0.2, 0.25) is 0 Å². The first kappa shape index (κ1) is 16.8. The van der Waals surface area contributed by atoms with Crippen LogP contribution in [0.1, 0.15) is 33.1 Å². The van der Waals surface area contributed by atoms with Gasteiger partial charge < -0.3 is 14.9 Å². The molecule has 0 aliphatic heterocycles. The van der Waals surface area contributed by atoms with E-state index in [1.54, 1.807) is 7.11 Å². The topological polar surface area (TPSA) is 73.6 Å². The number of carbonyl (C=O) groups is 1. The summed E-state index contributed by atoms with van der Waals surface area (Å²) < 4.78 is 4.84. The maximum atomic E-state index is 11.1. The molecule has 0 saturated carbocycles. The molecule has 0 aromatic rings. The molecule has 0 rings (SSSR count). The monoisotopic (exact) mass is 220 g/mol. The SMILES string of the molecule is C.COCCCC(=O)NCCCCON. The van der Waals surface area contributed by atoms with Gasteiger partial charge in [0.15, 0.2) is 0 Å². The molecule has 0 aliphatic carbocycles. The summed E-state index contributed by atoms with van der Waals surface area (Å²) in [7, 11) is 1.63. The van der Waals surface area contributed by atoms with Crippen molar-refractivity contribution in [3.8, 4) is 0 Å². The number of methoxy groups -OCH3 is 1. The van der Waals surface area contributed by atoms with Crippen LogP contribution in [-0.4, -0.2) is 32.8 Å². The second kappa shape index (κ2) is 13.4. The second-order valence-electron chi connectivity index (χ2n) is 3.02. The highest BCUT2D eigenvalue weighted by atomic mass is 16.6. The first-order chi connectivity index (χ1) is 6.81. The highest BCUT2D eigenvalue weighted by molar-refractivity contribution is 5.75. The lowest BCUT2D eigenvalue weighted by molar-refractivity contribution is -0.121. The molecule has 0 fully saturated rings. The van der Waals surface area contributed by atoms with Gasteiger partial charge >= 0.3 is 0 Å². The summed E-state index contributed by atoms with van der Waals surface area (Å²) in [6.45, 7) is 1.86. The number of rotatable bonds is 9. The van der Waals surface area contributed by atoms with Gasteiger partial charge in [-0.25, -0.2) is 5.90 Å². The fraction of sp³-hybridized carbons (Fsp3) is 0.900. The van der Waals surface area contributed by atoms with Crippen LogP contribution in [0, 0.1) is 0 Å². The third-order valence-electron chi connectivity index (χ3n) is 1.76. The van der Waals surface area contributed by atoms with Crippen LogP contribution < -0.4 is 11.2 Å². The van der Waals surface area contributed by atoms with E-state index in [1.165, 1.54) is 0 Å². The molecule has 0 spiro atoms. The van der Waals surface area contributed by atoms with Crippen molar-refractivity contribution in [2.24, 2.45) is 5.90 Å². The van der Waals surface area contributed by atoms with Gasteiger partial charge in [-0.05, 0) is 19.3 Å². The quantitative estimate of drug-likeness (QED) is 0.446. The molecule has 0 heterocycles. The van der Waals surface area contributed by atoms with Crippen molar-refractivity contribution in [1.82, 2.24) is 5.32 Å². The minimum atomic E-state index is 0. The maximum absolute atomic E-state index is 11.1. The van der Waals surface area contributed by atoms with E-state index in [-0.39, 0.29) is 13.3 Å². The lowest BCUT2D eigenvalue weighted by Gasteiger charge is -2.04. The smallest absolute Gasteiger partial charge is 0.220 e. The second-order valence-corrected chi connectivity index (χ2v) is 3.02. The number of hydrogen-bond donors (Lipinski definition) is 2. The van der Waals surface area contributed by atoms with Crippen LogP contribution in [0.25, 0.3) is 0 Å². The minimum absolute atomic E-state index is 0. The minimum Gasteiger partial charge on any atom is -0.385 e. The molecular formula is C10H24N2O3. The Morgan fingerprint density at radius 3 is 2.60 bits per heavy atom. The van der Waals surface area contributed by atoms with Crippen LogP contribution in [0.5, 0.6) is 0 Å². The maximum Gasteiger partial charge on any atom is 0.220 e. The van der Waals surface area contributed by atoms with Gasteiger partial charge in [0.1, 0.15) is 0 Å². The Morgan fingerprint density at radius 2 is 2.00 bits per heavy atom. The number of nitrogens with one attached hydrogen (secondary N) is 1. The zero-order chi connectivity index (χ0) is 10.6. The average Bonchev–Trinajstić information content (AvgIpc) is 2.18. The van der Waals surface area contributed by atoms with E-state index >= 15 is 0 Å². The molecule has 3 N–H and O–H groups in total. The Morgan fingerprint density at radius 1 is 1.27 bits per heavy atom. The Hall–Kier alpha value is -0.650. The van der Waals surface area contributed by atoms with E-state index in [9.17, 15) is 4.79 Å². The highest BCUT2D eigenvalue weighted by Crippen LogP contribution is 1.90. The Balaban J connectivity index is 0. The largest absolute Gasteiger partial charge is 0.385 e. The number of hydrogen-bond acceptors (Lipinski definition) is 4. The van der Waals surface area contributed by atoms with Gasteiger partial charge in [0.25, 0.3) is 0 Å². The number of nitrogens with two attached hydrogens (primary N) is 1. The zero-order valence-electron chi connectivity index (χ0n) is 8.75. The summed E-state index contributed by atoms with van der Waals surface area (Å²) in [5, 5.41) is 2.81. The molecule has 0 unspecified atom stereocenters. The van der Waals surface area contributed by atoms with Crippen LogP contribution in [0.15, 0.2) is 0 Å². The summed E-state index contributed by atoms with van der Waals surface area (Å²) in [6, 6.07) is 0. The zero-order valence-corrected chi connectivity index (χ0v) is 8.75. The number of carbonyl (C=O) groups excluding carboxylic acids is 1. The molecule has 5 nitrogen and oxygen atoms in total. The fourth-order valence-electron chi connectivity index (χ4n) is 1.00. The van der Waals surface area contributed by atoms with Crippen molar-refractivity contribution in [1.29, 1.82) is 0 Å². The third-order valence-corrected chi connectivity index (χ3v) is 1.76. The van der Waals surface area contributed by atoms with Crippen LogP contribution in [-0.2, 0) is 14.4 Å².